The summed E-state index contributed by atoms with van der Waals surface area (Å²) in [6.07, 6.45) is -3.16. The first-order chi connectivity index (χ1) is 10.9. The van der Waals surface area contributed by atoms with Gasteiger partial charge in [0.25, 0.3) is 5.91 Å². The lowest BCUT2D eigenvalue weighted by Gasteiger charge is -2.12. The van der Waals surface area contributed by atoms with Crippen LogP contribution in [0.4, 0.5) is 13.2 Å². The van der Waals surface area contributed by atoms with E-state index in [1.165, 1.54) is 23.5 Å². The second-order valence-corrected chi connectivity index (χ2v) is 5.64. The van der Waals surface area contributed by atoms with Gasteiger partial charge in [-0.05, 0) is 29.6 Å². The molecule has 3 rings (SSSR count). The van der Waals surface area contributed by atoms with E-state index in [-0.39, 0.29) is 12.1 Å². The molecule has 0 atom stereocenters. The van der Waals surface area contributed by atoms with Gasteiger partial charge in [-0.1, -0.05) is 6.07 Å². The Labute approximate surface area is 133 Å². The van der Waals surface area contributed by atoms with Crippen molar-refractivity contribution >= 4 is 27.5 Å². The van der Waals surface area contributed by atoms with Crippen LogP contribution in [0.1, 0.15) is 21.7 Å². The van der Waals surface area contributed by atoms with Crippen LogP contribution in [-0.2, 0) is 12.7 Å². The number of hydrogen-bond acceptors (Lipinski definition) is 4. The smallest absolute Gasteiger partial charge is 0.346 e. The molecule has 0 saturated heterocycles. The number of carbonyl (C=O) groups is 1. The fraction of sp³-hybridized carbons (Fsp3) is 0.133. The molecule has 0 aromatic carbocycles. The number of hydrogen-bond donors (Lipinski definition) is 1. The standard InChI is InChI=1S/C15H10F3N3OS/c16-15(17,18)13-10(7-12-11(21-13)4-6-23-12)14(22)20-8-9-3-1-2-5-19-9/h1-7H,8H2,(H,20,22). The third kappa shape index (κ3) is 3.31. The van der Waals surface area contributed by atoms with Gasteiger partial charge in [0.15, 0.2) is 5.69 Å². The first-order valence-corrected chi connectivity index (χ1v) is 7.46. The van der Waals surface area contributed by atoms with E-state index in [0.29, 0.717) is 10.4 Å². The molecular weight excluding hydrogens is 327 g/mol. The first-order valence-electron chi connectivity index (χ1n) is 6.59. The summed E-state index contributed by atoms with van der Waals surface area (Å²) >= 11 is 1.23. The van der Waals surface area contributed by atoms with Crippen LogP contribution in [0, 0.1) is 0 Å². The SMILES string of the molecule is O=C(NCc1ccccn1)c1cc2sccc2nc1C(F)(F)F. The maximum Gasteiger partial charge on any atom is 0.434 e. The van der Waals surface area contributed by atoms with Crippen molar-refractivity contribution in [3.8, 4) is 0 Å². The Morgan fingerprint density at radius 1 is 1.26 bits per heavy atom. The predicted molar refractivity (Wildman–Crippen MR) is 80.0 cm³/mol. The average molecular weight is 337 g/mol. The summed E-state index contributed by atoms with van der Waals surface area (Å²) < 4.78 is 40.0. The van der Waals surface area contributed by atoms with Gasteiger partial charge in [0, 0.05) is 6.20 Å². The number of carbonyl (C=O) groups excluding carboxylic acids is 1. The molecule has 0 spiro atoms. The number of aromatic nitrogens is 2. The van der Waals surface area contributed by atoms with Crippen molar-refractivity contribution in [2.75, 3.05) is 0 Å². The third-order valence-corrected chi connectivity index (χ3v) is 3.96. The van der Waals surface area contributed by atoms with Gasteiger partial charge < -0.3 is 5.32 Å². The second-order valence-electron chi connectivity index (χ2n) is 4.69. The molecule has 1 amide bonds. The zero-order valence-electron chi connectivity index (χ0n) is 11.6. The molecule has 0 fully saturated rings. The monoisotopic (exact) mass is 337 g/mol. The van der Waals surface area contributed by atoms with Crippen LogP contribution in [0.2, 0.25) is 0 Å². The molecule has 0 bridgehead atoms. The van der Waals surface area contributed by atoms with E-state index < -0.39 is 23.3 Å². The Bertz CT molecular complexity index is 846. The van der Waals surface area contributed by atoms with E-state index in [2.05, 4.69) is 15.3 Å². The maximum atomic E-state index is 13.2. The number of thiophene rings is 1. The van der Waals surface area contributed by atoms with Crippen molar-refractivity contribution < 1.29 is 18.0 Å². The highest BCUT2D eigenvalue weighted by molar-refractivity contribution is 7.17. The van der Waals surface area contributed by atoms with Gasteiger partial charge in [0.05, 0.1) is 28.0 Å². The number of nitrogens with one attached hydrogen (secondary N) is 1. The molecule has 0 saturated carbocycles. The van der Waals surface area contributed by atoms with Crippen LogP contribution >= 0.6 is 11.3 Å². The Morgan fingerprint density at radius 3 is 2.78 bits per heavy atom. The number of nitrogens with zero attached hydrogens (tertiary/aromatic N) is 2. The number of halogens is 3. The van der Waals surface area contributed by atoms with Crippen LogP contribution in [-0.4, -0.2) is 15.9 Å². The van der Waals surface area contributed by atoms with Gasteiger partial charge in [0.1, 0.15) is 0 Å². The van der Waals surface area contributed by atoms with Crippen molar-refractivity contribution in [1.82, 2.24) is 15.3 Å². The van der Waals surface area contributed by atoms with Crippen molar-refractivity contribution in [2.45, 2.75) is 12.7 Å². The Morgan fingerprint density at radius 2 is 2.09 bits per heavy atom. The molecule has 0 unspecified atom stereocenters. The number of alkyl halides is 3. The van der Waals surface area contributed by atoms with E-state index in [9.17, 15) is 18.0 Å². The normalized spacial score (nSPS) is 11.6. The van der Waals surface area contributed by atoms with Crippen LogP contribution in [0.5, 0.6) is 0 Å². The highest BCUT2D eigenvalue weighted by Gasteiger charge is 2.37. The fourth-order valence-electron chi connectivity index (χ4n) is 2.05. The van der Waals surface area contributed by atoms with Gasteiger partial charge in [-0.2, -0.15) is 13.2 Å². The van der Waals surface area contributed by atoms with E-state index >= 15 is 0 Å². The molecule has 3 heterocycles. The molecular formula is C15H10F3N3OS. The number of rotatable bonds is 3. The molecule has 8 heteroatoms. The van der Waals surface area contributed by atoms with E-state index in [1.807, 2.05) is 0 Å². The molecule has 3 aromatic heterocycles. The average Bonchev–Trinajstić information content (AvgIpc) is 2.99. The number of fused-ring (bicyclic) bond motifs is 1. The van der Waals surface area contributed by atoms with Crippen molar-refractivity contribution in [2.24, 2.45) is 0 Å². The van der Waals surface area contributed by atoms with Crippen molar-refractivity contribution in [1.29, 1.82) is 0 Å². The van der Waals surface area contributed by atoms with E-state index in [4.69, 9.17) is 0 Å². The number of amides is 1. The minimum atomic E-state index is -4.70. The van der Waals surface area contributed by atoms with Gasteiger partial charge in [-0.25, -0.2) is 4.98 Å². The summed E-state index contributed by atoms with van der Waals surface area (Å²) in [6, 6.07) is 7.83. The highest BCUT2D eigenvalue weighted by atomic mass is 32.1. The van der Waals surface area contributed by atoms with Gasteiger partial charge in [0.2, 0.25) is 0 Å². The molecule has 4 nitrogen and oxygen atoms in total. The Kier molecular flexibility index (Phi) is 3.99. The summed E-state index contributed by atoms with van der Waals surface area (Å²) in [6.45, 7) is 0.0411. The summed E-state index contributed by atoms with van der Waals surface area (Å²) in [5, 5.41) is 4.08. The summed E-state index contributed by atoms with van der Waals surface area (Å²) in [5.41, 5.74) is -0.881. The van der Waals surface area contributed by atoms with Gasteiger partial charge >= 0.3 is 6.18 Å². The lowest BCUT2D eigenvalue weighted by molar-refractivity contribution is -0.141. The molecule has 0 aliphatic rings. The molecule has 0 radical (unpaired) electrons. The summed E-state index contributed by atoms with van der Waals surface area (Å²) in [4.78, 5) is 19.8. The first kappa shape index (κ1) is 15.4. The largest absolute Gasteiger partial charge is 0.434 e. The quantitative estimate of drug-likeness (QED) is 0.794. The van der Waals surface area contributed by atoms with Crippen LogP contribution in [0.25, 0.3) is 10.2 Å². The lowest BCUT2D eigenvalue weighted by Crippen LogP contribution is -2.27. The molecule has 1 N–H and O–H groups in total. The van der Waals surface area contributed by atoms with Crippen molar-refractivity contribution in [3.63, 3.8) is 0 Å². The summed E-state index contributed by atoms with van der Waals surface area (Å²) in [7, 11) is 0. The third-order valence-electron chi connectivity index (χ3n) is 3.11. The Balaban J connectivity index is 1.92. The predicted octanol–water partition coefficient (Wildman–Crippen LogP) is 3.64. The molecule has 118 valence electrons. The number of pyridine rings is 2. The zero-order chi connectivity index (χ0) is 16.4. The molecule has 0 aliphatic heterocycles. The molecule has 3 aromatic rings. The second kappa shape index (κ2) is 5.96. The minimum absolute atomic E-state index is 0.0411. The summed E-state index contributed by atoms with van der Waals surface area (Å²) in [5.74, 6) is -0.828. The van der Waals surface area contributed by atoms with E-state index in [1.54, 1.807) is 29.8 Å². The van der Waals surface area contributed by atoms with Crippen LogP contribution in [0.15, 0.2) is 41.9 Å². The Hall–Kier alpha value is -2.48. The van der Waals surface area contributed by atoms with Gasteiger partial charge in [-0.3, -0.25) is 9.78 Å². The zero-order valence-corrected chi connectivity index (χ0v) is 12.4. The van der Waals surface area contributed by atoms with Crippen LogP contribution < -0.4 is 5.32 Å². The molecule has 23 heavy (non-hydrogen) atoms. The molecule has 0 aliphatic carbocycles. The van der Waals surface area contributed by atoms with Gasteiger partial charge in [-0.15, -0.1) is 11.3 Å². The fourth-order valence-corrected chi connectivity index (χ4v) is 2.82. The highest BCUT2D eigenvalue weighted by Crippen LogP contribution is 2.33. The minimum Gasteiger partial charge on any atom is -0.346 e. The van der Waals surface area contributed by atoms with Crippen molar-refractivity contribution in [3.05, 3.63) is 58.9 Å². The lowest BCUT2D eigenvalue weighted by atomic mass is 10.1. The van der Waals surface area contributed by atoms with E-state index in [0.717, 1.165) is 0 Å². The maximum absolute atomic E-state index is 13.2. The van der Waals surface area contributed by atoms with Crippen LogP contribution in [0.3, 0.4) is 0 Å². The topological polar surface area (TPSA) is 54.9 Å².